The summed E-state index contributed by atoms with van der Waals surface area (Å²) in [6.45, 7) is 1.67. The minimum Gasteiger partial charge on any atom is -0.333 e. The van der Waals surface area contributed by atoms with Crippen molar-refractivity contribution in [1.82, 2.24) is 20.4 Å². The number of nitrogens with one attached hydrogen (secondary N) is 2. The summed E-state index contributed by atoms with van der Waals surface area (Å²) in [5.41, 5.74) is 1.46. The molecule has 1 saturated heterocycles. The highest BCUT2D eigenvalue weighted by Crippen LogP contribution is 2.22. The molecule has 3 rings (SSSR count). The van der Waals surface area contributed by atoms with Crippen molar-refractivity contribution in [3.05, 3.63) is 30.0 Å². The minimum atomic E-state index is 0.0439. The van der Waals surface area contributed by atoms with Crippen molar-refractivity contribution < 1.29 is 4.79 Å². The monoisotopic (exact) mass is 272 g/mol. The second-order valence-electron chi connectivity index (χ2n) is 5.32. The van der Waals surface area contributed by atoms with E-state index in [1.54, 1.807) is 0 Å². The Kier molecular flexibility index (Phi) is 3.69. The molecule has 1 amide bonds. The van der Waals surface area contributed by atoms with Crippen LogP contribution in [0, 0.1) is 0 Å². The van der Waals surface area contributed by atoms with Crippen LogP contribution in [-0.4, -0.2) is 47.2 Å². The number of hydrogen-bond donors (Lipinski definition) is 2. The number of H-pyrrole nitrogens is 1. The first-order chi connectivity index (χ1) is 9.81. The van der Waals surface area contributed by atoms with Crippen molar-refractivity contribution >= 4 is 16.8 Å². The number of aromatic amines is 1. The molecule has 5 heteroatoms. The van der Waals surface area contributed by atoms with Gasteiger partial charge in [-0.3, -0.25) is 9.89 Å². The molecule has 2 N–H and O–H groups in total. The fraction of sp³-hybridized carbons (Fsp3) is 0.467. The average molecular weight is 272 g/mol. The third-order valence-electron chi connectivity index (χ3n) is 4.00. The summed E-state index contributed by atoms with van der Waals surface area (Å²) in [6, 6.07) is 8.05. The Balaban J connectivity index is 1.90. The van der Waals surface area contributed by atoms with E-state index in [1.165, 1.54) is 6.42 Å². The average Bonchev–Trinajstić information content (AvgIpc) is 2.91. The summed E-state index contributed by atoms with van der Waals surface area (Å²) >= 11 is 0. The van der Waals surface area contributed by atoms with Gasteiger partial charge in [0.05, 0.1) is 5.52 Å². The SMILES string of the molecule is CNCC1CCCCN1C(=O)c1n[nH]c2ccccc12. The zero-order valence-electron chi connectivity index (χ0n) is 11.7. The third-order valence-corrected chi connectivity index (χ3v) is 4.00. The van der Waals surface area contributed by atoms with Gasteiger partial charge in [0.25, 0.3) is 5.91 Å². The van der Waals surface area contributed by atoms with Gasteiger partial charge < -0.3 is 10.2 Å². The van der Waals surface area contributed by atoms with Crippen LogP contribution in [0.25, 0.3) is 10.9 Å². The Labute approximate surface area is 118 Å². The molecule has 2 heterocycles. The predicted octanol–water partition coefficient (Wildman–Crippen LogP) is 1.78. The predicted molar refractivity (Wildman–Crippen MR) is 78.7 cm³/mol. The van der Waals surface area contributed by atoms with Crippen LogP contribution in [0.2, 0.25) is 0 Å². The number of fused-ring (bicyclic) bond motifs is 1. The Bertz CT molecular complexity index is 605. The molecular formula is C15H20N4O. The number of nitrogens with zero attached hydrogens (tertiary/aromatic N) is 2. The molecule has 2 aromatic rings. The van der Waals surface area contributed by atoms with Crippen molar-refractivity contribution in [3.63, 3.8) is 0 Å². The van der Waals surface area contributed by atoms with Gasteiger partial charge in [-0.1, -0.05) is 18.2 Å². The molecule has 1 atom stereocenters. The molecular weight excluding hydrogens is 252 g/mol. The number of para-hydroxylation sites is 1. The normalized spacial score (nSPS) is 19.4. The summed E-state index contributed by atoms with van der Waals surface area (Å²) in [6.07, 6.45) is 3.33. The highest BCUT2D eigenvalue weighted by Gasteiger charge is 2.29. The molecule has 0 radical (unpaired) electrons. The van der Waals surface area contributed by atoms with Crippen LogP contribution < -0.4 is 5.32 Å². The lowest BCUT2D eigenvalue weighted by Gasteiger charge is -2.35. The molecule has 0 saturated carbocycles. The number of benzene rings is 1. The van der Waals surface area contributed by atoms with Crippen LogP contribution in [0.15, 0.2) is 24.3 Å². The molecule has 106 valence electrons. The first-order valence-electron chi connectivity index (χ1n) is 7.20. The van der Waals surface area contributed by atoms with Crippen LogP contribution in [-0.2, 0) is 0 Å². The molecule has 0 spiro atoms. The van der Waals surface area contributed by atoms with E-state index < -0.39 is 0 Å². The van der Waals surface area contributed by atoms with Crippen molar-refractivity contribution in [2.75, 3.05) is 20.1 Å². The van der Waals surface area contributed by atoms with Crippen molar-refractivity contribution in [2.24, 2.45) is 0 Å². The highest BCUT2D eigenvalue weighted by atomic mass is 16.2. The van der Waals surface area contributed by atoms with E-state index in [-0.39, 0.29) is 11.9 Å². The van der Waals surface area contributed by atoms with Crippen molar-refractivity contribution in [2.45, 2.75) is 25.3 Å². The first-order valence-corrected chi connectivity index (χ1v) is 7.20. The van der Waals surface area contributed by atoms with Gasteiger partial charge in [-0.2, -0.15) is 5.10 Å². The van der Waals surface area contributed by atoms with E-state index in [2.05, 4.69) is 15.5 Å². The maximum absolute atomic E-state index is 12.8. The van der Waals surface area contributed by atoms with Gasteiger partial charge in [-0.25, -0.2) is 0 Å². The molecule has 1 unspecified atom stereocenters. The van der Waals surface area contributed by atoms with Crippen molar-refractivity contribution in [1.29, 1.82) is 0 Å². The summed E-state index contributed by atoms with van der Waals surface area (Å²) < 4.78 is 0. The maximum atomic E-state index is 12.8. The van der Waals surface area contributed by atoms with E-state index in [4.69, 9.17) is 0 Å². The number of piperidine rings is 1. The first kappa shape index (κ1) is 13.1. The molecule has 1 aromatic carbocycles. The lowest BCUT2D eigenvalue weighted by molar-refractivity contribution is 0.0611. The molecule has 5 nitrogen and oxygen atoms in total. The fourth-order valence-corrected chi connectivity index (χ4v) is 2.98. The van der Waals surface area contributed by atoms with Gasteiger partial charge >= 0.3 is 0 Å². The molecule has 1 aliphatic rings. The molecule has 1 aromatic heterocycles. The second-order valence-corrected chi connectivity index (χ2v) is 5.32. The minimum absolute atomic E-state index is 0.0439. The standard InChI is InChI=1S/C15H20N4O/c1-16-10-11-6-4-5-9-19(11)15(20)14-12-7-2-3-8-13(12)17-18-14/h2-3,7-8,11,16H,4-6,9-10H2,1H3,(H,17,18). The maximum Gasteiger partial charge on any atom is 0.275 e. The van der Waals surface area contributed by atoms with Crippen molar-refractivity contribution in [3.8, 4) is 0 Å². The zero-order chi connectivity index (χ0) is 13.9. The smallest absolute Gasteiger partial charge is 0.275 e. The third kappa shape index (κ3) is 2.29. The van der Waals surface area contributed by atoms with E-state index in [1.807, 2.05) is 36.2 Å². The Morgan fingerprint density at radius 1 is 1.45 bits per heavy atom. The lowest BCUT2D eigenvalue weighted by atomic mass is 10.0. The molecule has 0 aliphatic carbocycles. The molecule has 20 heavy (non-hydrogen) atoms. The Hall–Kier alpha value is -1.88. The van der Waals surface area contributed by atoms with Gasteiger partial charge in [-0.05, 0) is 32.4 Å². The number of rotatable bonds is 3. The second kappa shape index (κ2) is 5.63. The van der Waals surface area contributed by atoms with Gasteiger partial charge in [0, 0.05) is 24.5 Å². The van der Waals surface area contributed by atoms with Gasteiger partial charge in [0.2, 0.25) is 0 Å². The highest BCUT2D eigenvalue weighted by molar-refractivity contribution is 6.04. The summed E-state index contributed by atoms with van der Waals surface area (Å²) in [4.78, 5) is 14.8. The number of hydrogen-bond acceptors (Lipinski definition) is 3. The number of carbonyl (C=O) groups excluding carboxylic acids is 1. The summed E-state index contributed by atoms with van der Waals surface area (Å²) in [7, 11) is 1.93. The largest absolute Gasteiger partial charge is 0.333 e. The van der Waals surface area contributed by atoms with E-state index in [0.717, 1.165) is 36.8 Å². The Morgan fingerprint density at radius 2 is 2.30 bits per heavy atom. The number of carbonyl (C=O) groups is 1. The van der Waals surface area contributed by atoms with Crippen LogP contribution in [0.5, 0.6) is 0 Å². The van der Waals surface area contributed by atoms with E-state index in [9.17, 15) is 4.79 Å². The van der Waals surface area contributed by atoms with Crippen LogP contribution in [0.1, 0.15) is 29.8 Å². The topological polar surface area (TPSA) is 61.0 Å². The number of likely N-dealkylation sites (N-methyl/N-ethyl adjacent to an activating group) is 1. The Morgan fingerprint density at radius 3 is 3.15 bits per heavy atom. The summed E-state index contributed by atoms with van der Waals surface area (Å²) in [5, 5.41) is 11.3. The molecule has 0 bridgehead atoms. The zero-order valence-corrected chi connectivity index (χ0v) is 11.7. The molecule has 1 aliphatic heterocycles. The van der Waals surface area contributed by atoms with Gasteiger partial charge in [0.15, 0.2) is 5.69 Å². The fourth-order valence-electron chi connectivity index (χ4n) is 2.98. The summed E-state index contributed by atoms with van der Waals surface area (Å²) in [5.74, 6) is 0.0439. The van der Waals surface area contributed by atoms with Crippen LogP contribution in [0.3, 0.4) is 0 Å². The van der Waals surface area contributed by atoms with E-state index >= 15 is 0 Å². The van der Waals surface area contributed by atoms with Gasteiger partial charge in [0.1, 0.15) is 0 Å². The van der Waals surface area contributed by atoms with Crippen LogP contribution in [0.4, 0.5) is 0 Å². The van der Waals surface area contributed by atoms with Crippen LogP contribution >= 0.6 is 0 Å². The van der Waals surface area contributed by atoms with Gasteiger partial charge in [-0.15, -0.1) is 0 Å². The number of aromatic nitrogens is 2. The molecule has 1 fully saturated rings. The number of likely N-dealkylation sites (tertiary alicyclic amines) is 1. The number of amides is 1. The van der Waals surface area contributed by atoms with E-state index in [0.29, 0.717) is 5.69 Å². The quantitative estimate of drug-likeness (QED) is 0.895. The lowest BCUT2D eigenvalue weighted by Crippen LogP contribution is -2.48.